The Morgan fingerprint density at radius 2 is 2.11 bits per heavy atom. The molecule has 1 fully saturated rings. The molecule has 0 radical (unpaired) electrons. The van der Waals surface area contributed by atoms with Crippen LogP contribution in [0.25, 0.3) is 0 Å². The monoisotopic (exact) mass is 376 g/mol. The van der Waals surface area contributed by atoms with Crippen LogP contribution in [0.3, 0.4) is 0 Å². The Bertz CT molecular complexity index is 748. The van der Waals surface area contributed by atoms with Crippen molar-refractivity contribution in [2.75, 3.05) is 13.1 Å². The second-order valence-corrected chi connectivity index (χ2v) is 7.60. The van der Waals surface area contributed by atoms with Crippen LogP contribution in [0.15, 0.2) is 9.05 Å². The van der Waals surface area contributed by atoms with E-state index in [4.69, 9.17) is 13.8 Å². The lowest BCUT2D eigenvalue weighted by Gasteiger charge is -2.32. The fourth-order valence-corrected chi connectivity index (χ4v) is 3.29. The Hall–Kier alpha value is -2.22. The minimum absolute atomic E-state index is 0.0144. The molecule has 27 heavy (non-hydrogen) atoms. The zero-order valence-electron chi connectivity index (χ0n) is 16.5. The van der Waals surface area contributed by atoms with E-state index >= 15 is 0 Å². The molecule has 1 unspecified atom stereocenters. The average molecular weight is 376 g/mol. The highest BCUT2D eigenvalue weighted by molar-refractivity contribution is 5.79. The van der Waals surface area contributed by atoms with Gasteiger partial charge in [0.2, 0.25) is 11.8 Å². The Balaban J connectivity index is 1.50. The number of aromatic nitrogens is 3. The Labute approximate surface area is 159 Å². The first-order valence-electron chi connectivity index (χ1n) is 9.55. The number of hydrogen-bond donors (Lipinski definition) is 0. The fraction of sp³-hybridized carbons (Fsp3) is 0.684. The number of amides is 1. The predicted octanol–water partition coefficient (Wildman–Crippen LogP) is 2.62. The van der Waals surface area contributed by atoms with Gasteiger partial charge in [0.15, 0.2) is 5.82 Å². The molecular formula is C19H28N4O4. The van der Waals surface area contributed by atoms with Gasteiger partial charge < -0.3 is 18.7 Å². The van der Waals surface area contributed by atoms with Gasteiger partial charge in [0, 0.05) is 25.1 Å². The van der Waals surface area contributed by atoms with E-state index in [1.165, 1.54) is 0 Å². The Morgan fingerprint density at radius 3 is 2.81 bits per heavy atom. The number of likely N-dealkylation sites (tertiary alicyclic amines) is 1. The molecule has 8 nitrogen and oxygen atoms in total. The van der Waals surface area contributed by atoms with E-state index in [0.717, 1.165) is 37.1 Å². The normalized spacial score (nSPS) is 17.7. The van der Waals surface area contributed by atoms with E-state index in [1.54, 1.807) is 0 Å². The van der Waals surface area contributed by atoms with Crippen molar-refractivity contribution in [2.24, 2.45) is 5.92 Å². The minimum atomic E-state index is -0.0144. The van der Waals surface area contributed by atoms with Crippen molar-refractivity contribution in [3.05, 3.63) is 28.7 Å². The van der Waals surface area contributed by atoms with Crippen LogP contribution in [0.5, 0.6) is 0 Å². The zero-order chi connectivity index (χ0) is 19.4. The van der Waals surface area contributed by atoms with E-state index in [-0.39, 0.29) is 12.0 Å². The highest BCUT2D eigenvalue weighted by Crippen LogP contribution is 2.18. The number of nitrogens with zero attached hydrogens (tertiary/aromatic N) is 4. The molecule has 1 aliphatic heterocycles. The molecule has 0 N–H and O–H groups in total. The van der Waals surface area contributed by atoms with E-state index in [0.29, 0.717) is 43.0 Å². The first kappa shape index (κ1) is 19.5. The van der Waals surface area contributed by atoms with Crippen LogP contribution in [-0.2, 0) is 29.0 Å². The van der Waals surface area contributed by atoms with Gasteiger partial charge in [-0.3, -0.25) is 4.79 Å². The van der Waals surface area contributed by atoms with Crippen LogP contribution >= 0.6 is 0 Å². The van der Waals surface area contributed by atoms with Gasteiger partial charge >= 0.3 is 0 Å². The number of hydrogen-bond acceptors (Lipinski definition) is 7. The van der Waals surface area contributed by atoms with Crippen molar-refractivity contribution in [3.63, 3.8) is 0 Å². The number of piperidine rings is 1. The van der Waals surface area contributed by atoms with Gasteiger partial charge in [0.05, 0.1) is 18.2 Å². The summed E-state index contributed by atoms with van der Waals surface area (Å²) in [4.78, 5) is 18.9. The van der Waals surface area contributed by atoms with Crippen molar-refractivity contribution in [2.45, 2.75) is 66.1 Å². The largest absolute Gasteiger partial charge is 0.368 e. The lowest BCUT2D eigenvalue weighted by atomic mass is 10.1. The standard InChI is InChI=1S/C19H28N4O4/c1-12(2)8-18-20-17(22-27-18)11-25-15-6-5-7-23(10-15)19(24)9-16-13(3)21-26-14(16)4/h12,15H,5-11H2,1-4H3. The van der Waals surface area contributed by atoms with Gasteiger partial charge in [-0.05, 0) is 32.6 Å². The third-order valence-electron chi connectivity index (χ3n) is 4.78. The zero-order valence-corrected chi connectivity index (χ0v) is 16.5. The summed E-state index contributed by atoms with van der Waals surface area (Å²) in [7, 11) is 0. The molecule has 3 rings (SSSR count). The Morgan fingerprint density at radius 1 is 1.30 bits per heavy atom. The molecule has 1 atom stereocenters. The van der Waals surface area contributed by atoms with Crippen LogP contribution in [-0.4, -0.2) is 45.3 Å². The van der Waals surface area contributed by atoms with Crippen molar-refractivity contribution >= 4 is 5.91 Å². The molecule has 0 spiro atoms. The van der Waals surface area contributed by atoms with Gasteiger partial charge in [0.1, 0.15) is 12.4 Å². The highest BCUT2D eigenvalue weighted by atomic mass is 16.5. The van der Waals surface area contributed by atoms with Crippen molar-refractivity contribution in [1.29, 1.82) is 0 Å². The van der Waals surface area contributed by atoms with E-state index in [9.17, 15) is 4.79 Å². The van der Waals surface area contributed by atoms with Crippen molar-refractivity contribution in [1.82, 2.24) is 20.2 Å². The maximum Gasteiger partial charge on any atom is 0.227 e. The van der Waals surface area contributed by atoms with Crippen LogP contribution in [0.4, 0.5) is 0 Å². The maximum absolute atomic E-state index is 12.7. The van der Waals surface area contributed by atoms with Crippen molar-refractivity contribution < 1.29 is 18.6 Å². The van der Waals surface area contributed by atoms with Crippen LogP contribution < -0.4 is 0 Å². The summed E-state index contributed by atoms with van der Waals surface area (Å²) in [5.74, 6) is 2.46. The van der Waals surface area contributed by atoms with Crippen LogP contribution in [0.2, 0.25) is 0 Å². The maximum atomic E-state index is 12.7. The lowest BCUT2D eigenvalue weighted by molar-refractivity contribution is -0.135. The molecule has 3 heterocycles. The minimum Gasteiger partial charge on any atom is -0.368 e. The van der Waals surface area contributed by atoms with Crippen LogP contribution in [0.1, 0.15) is 55.4 Å². The summed E-state index contributed by atoms with van der Waals surface area (Å²) >= 11 is 0. The molecule has 2 aromatic heterocycles. The topological polar surface area (TPSA) is 94.5 Å². The Kier molecular flexibility index (Phi) is 6.26. The van der Waals surface area contributed by atoms with E-state index in [2.05, 4.69) is 29.1 Å². The molecule has 2 aromatic rings. The summed E-state index contributed by atoms with van der Waals surface area (Å²) in [6.45, 7) is 9.55. The highest BCUT2D eigenvalue weighted by Gasteiger charge is 2.26. The third kappa shape index (κ3) is 5.15. The second kappa shape index (κ2) is 8.65. The smallest absolute Gasteiger partial charge is 0.227 e. The van der Waals surface area contributed by atoms with Crippen LogP contribution in [0, 0.1) is 19.8 Å². The molecular weight excluding hydrogens is 348 g/mol. The molecule has 1 saturated heterocycles. The van der Waals surface area contributed by atoms with Gasteiger partial charge in [-0.25, -0.2) is 0 Å². The first-order valence-corrected chi connectivity index (χ1v) is 9.55. The number of rotatable bonds is 7. The number of ether oxygens (including phenoxy) is 1. The summed E-state index contributed by atoms with van der Waals surface area (Å²) in [5.41, 5.74) is 1.66. The summed E-state index contributed by atoms with van der Waals surface area (Å²) < 4.78 is 16.3. The molecule has 0 aliphatic carbocycles. The molecule has 8 heteroatoms. The lowest BCUT2D eigenvalue weighted by Crippen LogP contribution is -2.44. The molecule has 148 valence electrons. The third-order valence-corrected chi connectivity index (χ3v) is 4.78. The summed E-state index contributed by atoms with van der Waals surface area (Å²) in [6.07, 6.45) is 2.91. The molecule has 0 saturated carbocycles. The van der Waals surface area contributed by atoms with E-state index in [1.807, 2.05) is 18.7 Å². The van der Waals surface area contributed by atoms with Gasteiger partial charge in [-0.2, -0.15) is 4.98 Å². The molecule has 1 aliphatic rings. The van der Waals surface area contributed by atoms with Crippen molar-refractivity contribution in [3.8, 4) is 0 Å². The summed E-state index contributed by atoms with van der Waals surface area (Å²) in [6, 6.07) is 0. The van der Waals surface area contributed by atoms with Gasteiger partial charge in [-0.1, -0.05) is 24.2 Å². The molecule has 1 amide bonds. The second-order valence-electron chi connectivity index (χ2n) is 7.60. The first-order chi connectivity index (χ1) is 12.9. The summed E-state index contributed by atoms with van der Waals surface area (Å²) in [5, 5.41) is 7.89. The quantitative estimate of drug-likeness (QED) is 0.733. The predicted molar refractivity (Wildman–Crippen MR) is 96.9 cm³/mol. The SMILES string of the molecule is Cc1noc(C)c1CC(=O)N1CCCC(OCc2noc(CC(C)C)n2)C1. The number of carbonyl (C=O) groups excluding carboxylic acids is 1. The number of aryl methyl sites for hydroxylation is 2. The fourth-order valence-electron chi connectivity index (χ4n) is 3.29. The number of carbonyl (C=O) groups is 1. The molecule has 0 aromatic carbocycles. The van der Waals surface area contributed by atoms with Gasteiger partial charge in [-0.15, -0.1) is 0 Å². The molecule has 0 bridgehead atoms. The van der Waals surface area contributed by atoms with E-state index < -0.39 is 0 Å². The average Bonchev–Trinajstić information content (AvgIpc) is 3.21. The van der Waals surface area contributed by atoms with Gasteiger partial charge in [0.25, 0.3) is 0 Å².